The predicted molar refractivity (Wildman–Crippen MR) is 122 cm³/mol. The lowest BCUT2D eigenvalue weighted by Crippen LogP contribution is -2.45. The molecule has 0 atom stereocenters. The van der Waals surface area contributed by atoms with Crippen LogP contribution in [0.4, 0.5) is 0 Å². The van der Waals surface area contributed by atoms with E-state index in [0.29, 0.717) is 24.9 Å². The quantitative estimate of drug-likeness (QED) is 0.248. The summed E-state index contributed by atoms with van der Waals surface area (Å²) in [5, 5.41) is 19.1. The molecule has 8 heteroatoms. The lowest BCUT2D eigenvalue weighted by atomic mass is 9.93. The fourth-order valence-corrected chi connectivity index (χ4v) is 3.03. The van der Waals surface area contributed by atoms with Gasteiger partial charge in [-0.1, -0.05) is 12.1 Å². The van der Waals surface area contributed by atoms with Gasteiger partial charge in [-0.05, 0) is 57.2 Å². The molecule has 1 aromatic rings. The first-order chi connectivity index (χ1) is 13.1. The van der Waals surface area contributed by atoms with Gasteiger partial charge in [-0.3, -0.25) is 4.79 Å². The van der Waals surface area contributed by atoms with Crippen LogP contribution in [0.3, 0.4) is 0 Å². The summed E-state index contributed by atoms with van der Waals surface area (Å²) in [6, 6.07) is 7.98. The maximum absolute atomic E-state index is 11.5. The van der Waals surface area contributed by atoms with Crippen LogP contribution in [0.1, 0.15) is 45.1 Å². The van der Waals surface area contributed by atoms with Gasteiger partial charge in [0.25, 0.3) is 5.91 Å². The minimum atomic E-state index is -0.162. The van der Waals surface area contributed by atoms with Crippen LogP contribution in [0, 0.1) is 0 Å². The predicted octanol–water partition coefficient (Wildman–Crippen LogP) is 2.18. The molecule has 0 unspecified atom stereocenters. The Balaban J connectivity index is 0.00000392. The van der Waals surface area contributed by atoms with Crippen LogP contribution >= 0.6 is 24.0 Å². The Morgan fingerprint density at radius 2 is 1.89 bits per heavy atom. The first-order valence-electron chi connectivity index (χ1n) is 9.82. The number of aliphatic imine (C=N–C) groups is 1. The van der Waals surface area contributed by atoms with E-state index in [0.717, 1.165) is 43.8 Å². The first-order valence-corrected chi connectivity index (χ1v) is 9.82. The summed E-state index contributed by atoms with van der Waals surface area (Å²) in [6.45, 7) is 5.83. The highest BCUT2D eigenvalue weighted by molar-refractivity contribution is 14.0. The zero-order valence-corrected chi connectivity index (χ0v) is 19.1. The molecule has 1 saturated carbocycles. The zero-order valence-electron chi connectivity index (χ0n) is 16.7. The van der Waals surface area contributed by atoms with Gasteiger partial charge in [0.2, 0.25) is 0 Å². The van der Waals surface area contributed by atoms with Gasteiger partial charge in [0.05, 0.1) is 12.6 Å². The Morgan fingerprint density at radius 3 is 2.57 bits per heavy atom. The lowest BCUT2D eigenvalue weighted by Gasteiger charge is -2.27. The first kappa shape index (κ1) is 24.5. The number of benzene rings is 1. The summed E-state index contributed by atoms with van der Waals surface area (Å²) in [5.41, 5.74) is 1.01. The van der Waals surface area contributed by atoms with Crippen molar-refractivity contribution in [2.75, 3.05) is 19.7 Å². The zero-order chi connectivity index (χ0) is 19.5. The van der Waals surface area contributed by atoms with Gasteiger partial charge in [0, 0.05) is 19.1 Å². The number of aliphatic hydroxyl groups excluding tert-OH is 1. The number of amides is 1. The smallest absolute Gasteiger partial charge is 0.257 e. The van der Waals surface area contributed by atoms with Crippen molar-refractivity contribution < 1.29 is 14.6 Å². The van der Waals surface area contributed by atoms with E-state index in [1.807, 2.05) is 38.1 Å². The summed E-state index contributed by atoms with van der Waals surface area (Å²) < 4.78 is 5.53. The van der Waals surface area contributed by atoms with Crippen LogP contribution in [0.5, 0.6) is 5.75 Å². The number of carbonyl (C=O) groups is 1. The van der Waals surface area contributed by atoms with Gasteiger partial charge in [-0.25, -0.2) is 4.99 Å². The van der Waals surface area contributed by atoms with Crippen LogP contribution in [-0.2, 0) is 11.3 Å². The second-order valence-corrected chi connectivity index (χ2v) is 6.73. The molecule has 0 spiro atoms. The topological polar surface area (TPSA) is 95.0 Å². The SMILES string of the molecule is CCNC(=O)COc1cccc(CN=C(NCC)NC2CCC(O)CC2)c1.I. The molecule has 0 heterocycles. The number of rotatable bonds is 8. The average molecular weight is 504 g/mol. The largest absolute Gasteiger partial charge is 0.484 e. The molecule has 158 valence electrons. The van der Waals surface area contributed by atoms with Gasteiger partial charge >= 0.3 is 0 Å². The number of nitrogens with one attached hydrogen (secondary N) is 3. The Kier molecular flexibility index (Phi) is 11.9. The fraction of sp³-hybridized carbons (Fsp3) is 0.600. The molecule has 1 aliphatic rings. The van der Waals surface area contributed by atoms with Crippen molar-refractivity contribution >= 4 is 35.8 Å². The minimum absolute atomic E-state index is 0. The fourth-order valence-electron chi connectivity index (χ4n) is 3.03. The van der Waals surface area contributed by atoms with E-state index in [1.165, 1.54) is 0 Å². The van der Waals surface area contributed by atoms with Crippen LogP contribution in [0.25, 0.3) is 0 Å². The number of ether oxygens (including phenoxy) is 1. The van der Waals surface area contributed by atoms with E-state index >= 15 is 0 Å². The monoisotopic (exact) mass is 504 g/mol. The van der Waals surface area contributed by atoms with E-state index < -0.39 is 0 Å². The van der Waals surface area contributed by atoms with Gasteiger partial charge in [0.15, 0.2) is 12.6 Å². The molecule has 0 saturated heterocycles. The summed E-state index contributed by atoms with van der Waals surface area (Å²) in [7, 11) is 0. The molecule has 2 rings (SSSR count). The number of hydrogen-bond donors (Lipinski definition) is 4. The maximum atomic E-state index is 11.5. The van der Waals surface area contributed by atoms with E-state index in [4.69, 9.17) is 4.74 Å². The summed E-state index contributed by atoms with van der Waals surface area (Å²) >= 11 is 0. The van der Waals surface area contributed by atoms with E-state index in [9.17, 15) is 9.90 Å². The minimum Gasteiger partial charge on any atom is -0.484 e. The molecule has 0 aromatic heterocycles. The highest BCUT2D eigenvalue weighted by Gasteiger charge is 2.19. The number of guanidine groups is 1. The van der Waals surface area contributed by atoms with Gasteiger partial charge in [-0.15, -0.1) is 24.0 Å². The van der Waals surface area contributed by atoms with Crippen molar-refractivity contribution in [2.24, 2.45) is 4.99 Å². The summed E-state index contributed by atoms with van der Waals surface area (Å²) in [5.74, 6) is 1.32. The van der Waals surface area contributed by atoms with Gasteiger partial charge in [0.1, 0.15) is 5.75 Å². The highest BCUT2D eigenvalue weighted by Crippen LogP contribution is 2.18. The molecule has 28 heavy (non-hydrogen) atoms. The number of hydrogen-bond acceptors (Lipinski definition) is 4. The van der Waals surface area contributed by atoms with Crippen LogP contribution in [0.2, 0.25) is 0 Å². The molecule has 0 aliphatic heterocycles. The molecule has 4 N–H and O–H groups in total. The van der Waals surface area contributed by atoms with Crippen molar-refractivity contribution in [1.82, 2.24) is 16.0 Å². The third-order valence-corrected chi connectivity index (χ3v) is 4.44. The summed E-state index contributed by atoms with van der Waals surface area (Å²) in [4.78, 5) is 16.2. The van der Waals surface area contributed by atoms with Gasteiger partial charge < -0.3 is 25.8 Å². The number of aliphatic hydroxyl groups is 1. The van der Waals surface area contributed by atoms with E-state index in [-0.39, 0.29) is 42.6 Å². The Labute approximate surface area is 184 Å². The van der Waals surface area contributed by atoms with Crippen molar-refractivity contribution in [3.63, 3.8) is 0 Å². The van der Waals surface area contributed by atoms with Crippen LogP contribution in [0.15, 0.2) is 29.3 Å². The molecular formula is C20H33IN4O3. The second-order valence-electron chi connectivity index (χ2n) is 6.73. The molecule has 7 nitrogen and oxygen atoms in total. The Bertz CT molecular complexity index is 619. The molecule has 0 radical (unpaired) electrons. The number of halogens is 1. The average Bonchev–Trinajstić information content (AvgIpc) is 2.67. The normalized spacial score (nSPS) is 19.3. The van der Waals surface area contributed by atoms with Crippen molar-refractivity contribution in [3.8, 4) is 5.75 Å². The number of carbonyl (C=O) groups excluding carboxylic acids is 1. The second kappa shape index (κ2) is 13.6. The maximum Gasteiger partial charge on any atom is 0.257 e. The van der Waals surface area contributed by atoms with Gasteiger partial charge in [-0.2, -0.15) is 0 Å². The lowest BCUT2D eigenvalue weighted by molar-refractivity contribution is -0.122. The summed E-state index contributed by atoms with van der Waals surface area (Å²) in [6.07, 6.45) is 3.41. The van der Waals surface area contributed by atoms with Crippen LogP contribution < -0.4 is 20.7 Å². The van der Waals surface area contributed by atoms with Crippen LogP contribution in [-0.4, -0.2) is 48.8 Å². The molecule has 1 fully saturated rings. The third-order valence-electron chi connectivity index (χ3n) is 4.44. The third kappa shape index (κ3) is 9.09. The van der Waals surface area contributed by atoms with Crippen molar-refractivity contribution in [1.29, 1.82) is 0 Å². The number of nitrogens with zero attached hydrogens (tertiary/aromatic N) is 1. The van der Waals surface area contributed by atoms with Crippen molar-refractivity contribution in [3.05, 3.63) is 29.8 Å². The van der Waals surface area contributed by atoms with Crippen molar-refractivity contribution in [2.45, 2.75) is 58.2 Å². The highest BCUT2D eigenvalue weighted by atomic mass is 127. The Morgan fingerprint density at radius 1 is 1.18 bits per heavy atom. The molecule has 1 amide bonds. The number of likely N-dealkylation sites (N-methyl/N-ethyl adjacent to an activating group) is 1. The van der Waals surface area contributed by atoms with E-state index in [1.54, 1.807) is 0 Å². The molecule has 1 aromatic carbocycles. The standard InChI is InChI=1S/C20H32N4O3.HI/c1-3-21-19(26)14-27-18-7-5-6-15(12-18)13-23-20(22-4-2)24-16-8-10-17(25)11-9-16;/h5-7,12,16-17,25H,3-4,8-11,13-14H2,1-2H3,(H,21,26)(H2,22,23,24);1H. The molecule has 0 bridgehead atoms. The molecular weight excluding hydrogens is 471 g/mol. The van der Waals surface area contributed by atoms with E-state index in [2.05, 4.69) is 20.9 Å². The molecule has 1 aliphatic carbocycles. The Hall–Kier alpha value is -1.55.